The van der Waals surface area contributed by atoms with Crippen LogP contribution in [0.1, 0.15) is 28.3 Å². The van der Waals surface area contributed by atoms with Crippen LogP contribution in [0.4, 0.5) is 4.39 Å². The molecule has 1 amide bonds. The Kier molecular flexibility index (Phi) is 3.06. The molecule has 1 aliphatic carbocycles. The Labute approximate surface area is 110 Å². The number of rotatable bonds is 1. The summed E-state index contributed by atoms with van der Waals surface area (Å²) in [7, 11) is 0. The number of benzene rings is 1. The predicted molar refractivity (Wildman–Crippen MR) is 65.5 cm³/mol. The maximum Gasteiger partial charge on any atom is 0.230 e. The van der Waals surface area contributed by atoms with E-state index in [1.807, 2.05) is 0 Å². The lowest BCUT2D eigenvalue weighted by molar-refractivity contribution is -0.136. The van der Waals surface area contributed by atoms with Crippen LogP contribution in [0.25, 0.3) is 0 Å². The molecule has 1 atom stereocenters. The van der Waals surface area contributed by atoms with Gasteiger partial charge in [0.15, 0.2) is 5.78 Å². The second-order valence-electron chi connectivity index (χ2n) is 4.85. The second kappa shape index (κ2) is 4.74. The highest BCUT2D eigenvalue weighted by Crippen LogP contribution is 2.34. The summed E-state index contributed by atoms with van der Waals surface area (Å²) in [6, 6.07) is 4.08. The summed E-state index contributed by atoms with van der Waals surface area (Å²) in [6.07, 6.45) is 0.148. The van der Waals surface area contributed by atoms with Gasteiger partial charge in [0.2, 0.25) is 5.91 Å². The zero-order valence-corrected chi connectivity index (χ0v) is 10.4. The number of ketones is 1. The highest BCUT2D eigenvalue weighted by molar-refractivity contribution is 6.06. The van der Waals surface area contributed by atoms with E-state index in [-0.39, 0.29) is 18.1 Å². The maximum absolute atomic E-state index is 13.2. The van der Waals surface area contributed by atoms with Crippen LogP contribution in [0.3, 0.4) is 0 Å². The Morgan fingerprint density at radius 1 is 1.32 bits per heavy atom. The van der Waals surface area contributed by atoms with Crippen LogP contribution < -0.4 is 0 Å². The number of nitrogens with zero attached hydrogens (tertiary/aromatic N) is 1. The van der Waals surface area contributed by atoms with Gasteiger partial charge in [-0.2, -0.15) is 0 Å². The second-order valence-corrected chi connectivity index (χ2v) is 4.85. The lowest BCUT2D eigenvalue weighted by Gasteiger charge is -2.29. The molecule has 0 bridgehead atoms. The van der Waals surface area contributed by atoms with Crippen molar-refractivity contribution in [2.45, 2.75) is 12.3 Å². The van der Waals surface area contributed by atoms with Gasteiger partial charge in [-0.25, -0.2) is 4.39 Å². The summed E-state index contributed by atoms with van der Waals surface area (Å²) in [4.78, 5) is 26.0. The Bertz CT molecular complexity index is 537. The van der Waals surface area contributed by atoms with Gasteiger partial charge in [-0.05, 0) is 17.7 Å². The summed E-state index contributed by atoms with van der Waals surface area (Å²) in [5.74, 6) is -1.10. The fourth-order valence-electron chi connectivity index (χ4n) is 2.70. The Morgan fingerprint density at radius 3 is 2.79 bits per heavy atom. The molecule has 3 rings (SSSR count). The number of carbonyl (C=O) groups excluding carboxylic acids is 2. The van der Waals surface area contributed by atoms with Gasteiger partial charge in [0.1, 0.15) is 5.82 Å². The van der Waals surface area contributed by atoms with Gasteiger partial charge >= 0.3 is 0 Å². The number of halogens is 1. The molecule has 1 aliphatic heterocycles. The molecule has 0 spiro atoms. The van der Waals surface area contributed by atoms with E-state index >= 15 is 0 Å². The molecule has 1 aromatic rings. The average molecular weight is 263 g/mol. The van der Waals surface area contributed by atoms with Crippen molar-refractivity contribution < 1.29 is 18.7 Å². The van der Waals surface area contributed by atoms with Gasteiger partial charge in [0.05, 0.1) is 19.1 Å². The van der Waals surface area contributed by atoms with Gasteiger partial charge in [-0.15, -0.1) is 0 Å². The molecule has 0 N–H and O–H groups in total. The third-order valence-corrected chi connectivity index (χ3v) is 3.70. The average Bonchev–Trinajstić information content (AvgIpc) is 2.76. The van der Waals surface area contributed by atoms with E-state index in [1.54, 1.807) is 11.0 Å². The first-order valence-corrected chi connectivity index (χ1v) is 6.36. The summed E-state index contributed by atoms with van der Waals surface area (Å²) in [5.41, 5.74) is 1.01. The molecule has 5 heteroatoms. The maximum atomic E-state index is 13.2. The fraction of sp³-hybridized carbons (Fsp3) is 0.429. The Hall–Kier alpha value is -1.75. The van der Waals surface area contributed by atoms with E-state index in [0.29, 0.717) is 37.4 Å². The van der Waals surface area contributed by atoms with Crippen LogP contribution in [-0.4, -0.2) is 42.9 Å². The first-order chi connectivity index (χ1) is 9.16. The van der Waals surface area contributed by atoms with Crippen molar-refractivity contribution in [2.75, 3.05) is 26.3 Å². The van der Waals surface area contributed by atoms with Crippen LogP contribution >= 0.6 is 0 Å². The van der Waals surface area contributed by atoms with Crippen LogP contribution in [0.5, 0.6) is 0 Å². The number of morpholine rings is 1. The molecule has 2 aliphatic rings. The zero-order valence-electron chi connectivity index (χ0n) is 10.4. The van der Waals surface area contributed by atoms with E-state index in [2.05, 4.69) is 0 Å². The predicted octanol–water partition coefficient (Wildman–Crippen LogP) is 1.35. The summed E-state index contributed by atoms with van der Waals surface area (Å²) >= 11 is 0. The van der Waals surface area contributed by atoms with Crippen molar-refractivity contribution in [3.05, 3.63) is 35.1 Å². The highest BCUT2D eigenvalue weighted by Gasteiger charge is 2.37. The van der Waals surface area contributed by atoms with E-state index in [9.17, 15) is 14.0 Å². The molecule has 19 heavy (non-hydrogen) atoms. The van der Waals surface area contributed by atoms with Crippen molar-refractivity contribution in [3.8, 4) is 0 Å². The number of carbonyl (C=O) groups is 2. The van der Waals surface area contributed by atoms with Crippen LogP contribution in [0.15, 0.2) is 18.2 Å². The summed E-state index contributed by atoms with van der Waals surface area (Å²) in [6.45, 7) is 2.17. The fourth-order valence-corrected chi connectivity index (χ4v) is 2.70. The van der Waals surface area contributed by atoms with Crippen molar-refractivity contribution in [3.63, 3.8) is 0 Å². The lowest BCUT2D eigenvalue weighted by Crippen LogP contribution is -2.42. The Morgan fingerprint density at radius 2 is 2.05 bits per heavy atom. The topological polar surface area (TPSA) is 46.6 Å². The van der Waals surface area contributed by atoms with Crippen molar-refractivity contribution in [1.29, 1.82) is 0 Å². The first kappa shape index (κ1) is 12.3. The van der Waals surface area contributed by atoms with Crippen molar-refractivity contribution in [1.82, 2.24) is 4.90 Å². The number of hydrogen-bond acceptors (Lipinski definition) is 3. The van der Waals surface area contributed by atoms with Gasteiger partial charge in [-0.3, -0.25) is 9.59 Å². The molecule has 100 valence electrons. The smallest absolute Gasteiger partial charge is 0.230 e. The SMILES string of the molecule is O=C1CC(C(=O)N2CCOCC2)c2ccc(F)cc21. The van der Waals surface area contributed by atoms with E-state index in [1.165, 1.54) is 12.1 Å². The van der Waals surface area contributed by atoms with Crippen LogP contribution in [-0.2, 0) is 9.53 Å². The third kappa shape index (κ3) is 2.14. The van der Waals surface area contributed by atoms with Gasteiger partial charge in [0, 0.05) is 25.1 Å². The minimum absolute atomic E-state index is 0.0537. The normalized spacial score (nSPS) is 22.5. The summed E-state index contributed by atoms with van der Waals surface area (Å²) < 4.78 is 18.4. The lowest BCUT2D eigenvalue weighted by atomic mass is 9.99. The number of ether oxygens (including phenoxy) is 1. The summed E-state index contributed by atoms with van der Waals surface area (Å²) in [5, 5.41) is 0. The Balaban J connectivity index is 1.87. The molecular weight excluding hydrogens is 249 g/mol. The van der Waals surface area contributed by atoms with Crippen molar-refractivity contribution in [2.24, 2.45) is 0 Å². The van der Waals surface area contributed by atoms with Crippen molar-refractivity contribution >= 4 is 11.7 Å². The molecule has 0 saturated carbocycles. The molecule has 1 unspecified atom stereocenters. The minimum atomic E-state index is -0.457. The van der Waals surface area contributed by atoms with Gasteiger partial charge in [0.25, 0.3) is 0 Å². The number of Topliss-reactive ketones (excluding diaryl/α,β-unsaturated/α-hetero) is 1. The van der Waals surface area contributed by atoms with E-state index < -0.39 is 11.7 Å². The van der Waals surface area contributed by atoms with Gasteiger partial charge in [-0.1, -0.05) is 6.07 Å². The van der Waals surface area contributed by atoms with Crippen LogP contribution in [0, 0.1) is 5.82 Å². The first-order valence-electron chi connectivity index (χ1n) is 6.36. The number of hydrogen-bond donors (Lipinski definition) is 0. The molecule has 1 fully saturated rings. The zero-order chi connectivity index (χ0) is 13.4. The molecule has 0 aromatic heterocycles. The van der Waals surface area contributed by atoms with Gasteiger partial charge < -0.3 is 9.64 Å². The largest absolute Gasteiger partial charge is 0.378 e. The minimum Gasteiger partial charge on any atom is -0.378 e. The highest BCUT2D eigenvalue weighted by atomic mass is 19.1. The van der Waals surface area contributed by atoms with E-state index in [4.69, 9.17) is 4.74 Å². The molecule has 1 heterocycles. The number of fused-ring (bicyclic) bond motifs is 1. The molecule has 4 nitrogen and oxygen atoms in total. The van der Waals surface area contributed by atoms with E-state index in [0.717, 1.165) is 0 Å². The molecule has 0 radical (unpaired) electrons. The molecule has 1 aromatic carbocycles. The van der Waals surface area contributed by atoms with Crippen LogP contribution in [0.2, 0.25) is 0 Å². The third-order valence-electron chi connectivity index (χ3n) is 3.70. The molecular formula is C14H14FNO3. The monoisotopic (exact) mass is 263 g/mol. The molecule has 1 saturated heterocycles. The quantitative estimate of drug-likeness (QED) is 0.768. The standard InChI is InChI=1S/C14H14FNO3/c15-9-1-2-10-11(7-9)13(17)8-12(10)14(18)16-3-5-19-6-4-16/h1-2,7,12H,3-6,8H2. The number of amides is 1.